The second-order valence-electron chi connectivity index (χ2n) is 5.12. The average molecular weight is 428 g/mol. The van der Waals surface area contributed by atoms with Gasteiger partial charge in [0.15, 0.2) is 5.96 Å². The zero-order valence-corrected chi connectivity index (χ0v) is 16.0. The van der Waals surface area contributed by atoms with E-state index in [1.165, 1.54) is 5.56 Å². The molecule has 2 aromatic heterocycles. The first-order valence-corrected chi connectivity index (χ1v) is 7.60. The highest BCUT2D eigenvalue weighted by molar-refractivity contribution is 14.0. The number of halogens is 1. The molecule has 2 heterocycles. The van der Waals surface area contributed by atoms with E-state index in [1.807, 2.05) is 42.3 Å². The summed E-state index contributed by atoms with van der Waals surface area (Å²) in [6.45, 7) is 1.71. The molecule has 0 aromatic carbocycles. The Balaban J connectivity index is 0.00000264. The highest BCUT2D eigenvalue weighted by Crippen LogP contribution is 1.99. The lowest BCUT2D eigenvalue weighted by molar-refractivity contribution is 0.734. The molecule has 0 aliphatic heterocycles. The molecule has 0 aliphatic carbocycles. The first kappa shape index (κ1) is 19.4. The maximum Gasteiger partial charge on any atom is 0.190 e. The van der Waals surface area contributed by atoms with Crippen molar-refractivity contribution in [2.45, 2.75) is 19.3 Å². The lowest BCUT2D eigenvalue weighted by Crippen LogP contribution is -2.38. The van der Waals surface area contributed by atoms with Gasteiger partial charge in [-0.05, 0) is 30.5 Å². The van der Waals surface area contributed by atoms with Crippen LogP contribution in [0.2, 0.25) is 0 Å². The van der Waals surface area contributed by atoms with Crippen molar-refractivity contribution in [2.75, 3.05) is 20.1 Å². The number of aliphatic imine (C=N–C) groups is 1. The fraction of sp³-hybridized carbons (Fsp3) is 0.438. The lowest BCUT2D eigenvalue weighted by Gasteiger charge is -2.11. The molecule has 23 heavy (non-hydrogen) atoms. The zero-order valence-electron chi connectivity index (χ0n) is 13.7. The van der Waals surface area contributed by atoms with Crippen molar-refractivity contribution in [2.24, 2.45) is 12.0 Å². The fourth-order valence-corrected chi connectivity index (χ4v) is 2.18. The number of pyridine rings is 1. The number of nitrogens with zero attached hydrogens (tertiary/aromatic N) is 4. The van der Waals surface area contributed by atoms with Gasteiger partial charge in [0.2, 0.25) is 0 Å². The summed E-state index contributed by atoms with van der Waals surface area (Å²) < 4.78 is 1.83. The van der Waals surface area contributed by atoms with Crippen molar-refractivity contribution in [1.29, 1.82) is 0 Å². The standard InChI is InChI=1S/C16H24N6.HI/c1-17-16(20-11-8-15-7-3-4-9-18-15)19-10-5-6-14-12-21-22(2)13-14;/h3-4,7,9,12-13H,5-6,8,10-11H2,1-2H3,(H2,17,19,20);1H. The highest BCUT2D eigenvalue weighted by atomic mass is 127. The molecule has 7 heteroatoms. The molecule has 0 saturated heterocycles. The van der Waals surface area contributed by atoms with E-state index >= 15 is 0 Å². The molecule has 6 nitrogen and oxygen atoms in total. The Bertz CT molecular complexity index is 581. The molecule has 2 rings (SSSR count). The number of aromatic nitrogens is 3. The first-order valence-electron chi connectivity index (χ1n) is 7.60. The summed E-state index contributed by atoms with van der Waals surface area (Å²) in [6, 6.07) is 5.97. The molecule has 0 unspecified atom stereocenters. The largest absolute Gasteiger partial charge is 0.356 e. The Morgan fingerprint density at radius 2 is 2.04 bits per heavy atom. The number of aryl methyl sites for hydroxylation is 2. The van der Waals surface area contributed by atoms with Crippen LogP contribution in [0.4, 0.5) is 0 Å². The zero-order chi connectivity index (χ0) is 15.6. The maximum atomic E-state index is 4.30. The van der Waals surface area contributed by atoms with E-state index in [9.17, 15) is 0 Å². The predicted octanol–water partition coefficient (Wildman–Crippen LogP) is 1.77. The molecule has 0 saturated carbocycles. The van der Waals surface area contributed by atoms with Crippen molar-refractivity contribution in [1.82, 2.24) is 25.4 Å². The highest BCUT2D eigenvalue weighted by Gasteiger charge is 1.99. The summed E-state index contributed by atoms with van der Waals surface area (Å²) in [5, 5.41) is 10.8. The van der Waals surface area contributed by atoms with Gasteiger partial charge in [0.25, 0.3) is 0 Å². The van der Waals surface area contributed by atoms with Gasteiger partial charge in [0.05, 0.1) is 6.20 Å². The molecule has 0 aliphatic rings. The van der Waals surface area contributed by atoms with Gasteiger partial charge in [-0.25, -0.2) is 0 Å². The summed E-state index contributed by atoms with van der Waals surface area (Å²) in [6.07, 6.45) is 8.75. The number of guanidine groups is 1. The van der Waals surface area contributed by atoms with Gasteiger partial charge < -0.3 is 10.6 Å². The van der Waals surface area contributed by atoms with E-state index in [2.05, 4.69) is 31.9 Å². The monoisotopic (exact) mass is 428 g/mol. The van der Waals surface area contributed by atoms with Crippen LogP contribution >= 0.6 is 24.0 Å². The molecule has 0 spiro atoms. The Morgan fingerprint density at radius 1 is 1.22 bits per heavy atom. The van der Waals surface area contributed by atoms with Crippen molar-refractivity contribution in [3.8, 4) is 0 Å². The van der Waals surface area contributed by atoms with E-state index in [0.29, 0.717) is 0 Å². The summed E-state index contributed by atoms with van der Waals surface area (Å²) in [5.74, 6) is 0.835. The summed E-state index contributed by atoms with van der Waals surface area (Å²) in [4.78, 5) is 8.53. The molecule has 0 radical (unpaired) electrons. The number of hydrogen-bond donors (Lipinski definition) is 2. The third-order valence-corrected chi connectivity index (χ3v) is 3.32. The van der Waals surface area contributed by atoms with Gasteiger partial charge in [-0.15, -0.1) is 24.0 Å². The number of nitrogens with one attached hydrogen (secondary N) is 2. The van der Waals surface area contributed by atoms with E-state index in [4.69, 9.17) is 0 Å². The van der Waals surface area contributed by atoms with Crippen molar-refractivity contribution >= 4 is 29.9 Å². The summed E-state index contributed by atoms with van der Waals surface area (Å²) in [7, 11) is 3.73. The second kappa shape index (κ2) is 11.0. The van der Waals surface area contributed by atoms with Crippen LogP contribution in [0.5, 0.6) is 0 Å². The average Bonchev–Trinajstić information content (AvgIpc) is 2.96. The Kier molecular flexibility index (Phi) is 9.27. The quantitative estimate of drug-likeness (QED) is 0.306. The first-order chi connectivity index (χ1) is 10.8. The van der Waals surface area contributed by atoms with Crippen LogP contribution < -0.4 is 10.6 Å². The number of hydrogen-bond acceptors (Lipinski definition) is 3. The van der Waals surface area contributed by atoms with Crippen molar-refractivity contribution in [3.05, 3.63) is 48.0 Å². The predicted molar refractivity (Wildman–Crippen MR) is 104 cm³/mol. The minimum Gasteiger partial charge on any atom is -0.356 e. The second-order valence-corrected chi connectivity index (χ2v) is 5.12. The van der Waals surface area contributed by atoms with Crippen LogP contribution in [0, 0.1) is 0 Å². The van der Waals surface area contributed by atoms with Gasteiger partial charge >= 0.3 is 0 Å². The normalized spacial score (nSPS) is 11.0. The van der Waals surface area contributed by atoms with E-state index in [0.717, 1.165) is 44.0 Å². The molecule has 126 valence electrons. The third-order valence-electron chi connectivity index (χ3n) is 3.32. The van der Waals surface area contributed by atoms with E-state index in [-0.39, 0.29) is 24.0 Å². The number of rotatable bonds is 7. The maximum absolute atomic E-state index is 4.30. The van der Waals surface area contributed by atoms with Crippen LogP contribution in [-0.2, 0) is 19.9 Å². The molecule has 2 aromatic rings. The van der Waals surface area contributed by atoms with Crippen LogP contribution in [0.15, 0.2) is 41.8 Å². The van der Waals surface area contributed by atoms with E-state index < -0.39 is 0 Å². The Labute approximate surface area is 154 Å². The van der Waals surface area contributed by atoms with Gasteiger partial charge in [0.1, 0.15) is 0 Å². The third kappa shape index (κ3) is 7.45. The topological polar surface area (TPSA) is 67.1 Å². The van der Waals surface area contributed by atoms with Crippen LogP contribution in [0.3, 0.4) is 0 Å². The minimum absolute atomic E-state index is 0. The summed E-state index contributed by atoms with van der Waals surface area (Å²) in [5.41, 5.74) is 2.35. The van der Waals surface area contributed by atoms with Crippen molar-refractivity contribution in [3.63, 3.8) is 0 Å². The van der Waals surface area contributed by atoms with Crippen LogP contribution in [0.1, 0.15) is 17.7 Å². The summed E-state index contributed by atoms with van der Waals surface area (Å²) >= 11 is 0. The molecular weight excluding hydrogens is 403 g/mol. The lowest BCUT2D eigenvalue weighted by atomic mass is 10.2. The molecule has 2 N–H and O–H groups in total. The molecule has 0 amide bonds. The van der Waals surface area contributed by atoms with Gasteiger partial charge in [0, 0.05) is 51.7 Å². The van der Waals surface area contributed by atoms with Gasteiger partial charge in [-0.1, -0.05) is 6.07 Å². The molecule has 0 fully saturated rings. The van der Waals surface area contributed by atoms with Crippen LogP contribution in [-0.4, -0.2) is 40.9 Å². The molecule has 0 bridgehead atoms. The smallest absolute Gasteiger partial charge is 0.190 e. The molecule has 0 atom stereocenters. The van der Waals surface area contributed by atoms with E-state index in [1.54, 1.807) is 7.05 Å². The minimum atomic E-state index is 0. The van der Waals surface area contributed by atoms with Gasteiger partial charge in [-0.3, -0.25) is 14.7 Å². The van der Waals surface area contributed by atoms with Crippen LogP contribution in [0.25, 0.3) is 0 Å². The Hall–Kier alpha value is -1.64. The van der Waals surface area contributed by atoms with Gasteiger partial charge in [-0.2, -0.15) is 5.10 Å². The van der Waals surface area contributed by atoms with Crippen molar-refractivity contribution < 1.29 is 0 Å². The fourth-order valence-electron chi connectivity index (χ4n) is 2.18. The molecular formula is C16H25IN6. The SMILES string of the molecule is CN=C(NCCCc1cnn(C)c1)NCCc1ccccn1.I. The Morgan fingerprint density at radius 3 is 2.70 bits per heavy atom.